The fourth-order valence-electron chi connectivity index (χ4n) is 2.05. The molecule has 1 amide bonds. The van der Waals surface area contributed by atoms with E-state index in [4.69, 9.17) is 0 Å². The molecule has 0 heterocycles. The monoisotopic (exact) mass is 294 g/mol. The van der Waals surface area contributed by atoms with Gasteiger partial charge in [-0.15, -0.1) is 0 Å². The van der Waals surface area contributed by atoms with E-state index in [1.54, 1.807) is 13.8 Å². The number of aliphatic carboxylic acids is 1. The summed E-state index contributed by atoms with van der Waals surface area (Å²) in [5.41, 5.74) is -1.43. The van der Waals surface area contributed by atoms with Crippen LogP contribution in [-0.4, -0.2) is 28.5 Å². The Morgan fingerprint density at radius 3 is 2.33 bits per heavy atom. The van der Waals surface area contributed by atoms with E-state index in [0.29, 0.717) is 12.8 Å². The van der Waals surface area contributed by atoms with Crippen LogP contribution in [0.15, 0.2) is 24.3 Å². The van der Waals surface area contributed by atoms with Gasteiger partial charge >= 0.3 is 5.97 Å². The molecule has 0 fully saturated rings. The fourth-order valence-corrected chi connectivity index (χ4v) is 2.05. The first-order valence-corrected chi connectivity index (χ1v) is 6.63. The fraction of sp³-hybridized carbons (Fsp3) is 0.429. The van der Waals surface area contributed by atoms with Gasteiger partial charge in [0.1, 0.15) is 5.56 Å². The van der Waals surface area contributed by atoms with Crippen molar-refractivity contribution < 1.29 is 19.6 Å². The maximum absolute atomic E-state index is 12.1. The van der Waals surface area contributed by atoms with Crippen molar-refractivity contribution in [2.24, 2.45) is 5.41 Å². The van der Waals surface area contributed by atoms with Crippen LogP contribution in [0.4, 0.5) is 5.69 Å². The van der Waals surface area contributed by atoms with E-state index in [1.165, 1.54) is 24.3 Å². The second-order valence-electron chi connectivity index (χ2n) is 4.75. The van der Waals surface area contributed by atoms with Crippen molar-refractivity contribution in [3.05, 3.63) is 39.9 Å². The summed E-state index contributed by atoms with van der Waals surface area (Å²) in [6, 6.07) is 5.56. The number of carboxylic acids is 1. The molecule has 0 aromatic heterocycles. The highest BCUT2D eigenvalue weighted by Gasteiger charge is 2.35. The third kappa shape index (κ3) is 3.56. The summed E-state index contributed by atoms with van der Waals surface area (Å²) in [6.07, 6.45) is 0.714. The number of hydrogen-bond acceptors (Lipinski definition) is 4. The summed E-state index contributed by atoms with van der Waals surface area (Å²) in [6.45, 7) is 3.39. The molecular weight excluding hydrogens is 276 g/mol. The number of amides is 1. The van der Waals surface area contributed by atoms with E-state index in [0.717, 1.165) is 0 Å². The zero-order valence-electron chi connectivity index (χ0n) is 12.0. The van der Waals surface area contributed by atoms with Crippen LogP contribution in [0.1, 0.15) is 37.0 Å². The molecule has 1 aromatic rings. The molecule has 21 heavy (non-hydrogen) atoms. The van der Waals surface area contributed by atoms with Crippen LogP contribution in [0.3, 0.4) is 0 Å². The first-order chi connectivity index (χ1) is 9.88. The van der Waals surface area contributed by atoms with Gasteiger partial charge in [0.05, 0.1) is 10.3 Å². The van der Waals surface area contributed by atoms with Gasteiger partial charge in [-0.05, 0) is 18.9 Å². The summed E-state index contributed by atoms with van der Waals surface area (Å²) in [7, 11) is 0. The molecule has 0 unspecified atom stereocenters. The van der Waals surface area contributed by atoms with Gasteiger partial charge in [-0.3, -0.25) is 19.7 Å². The third-order valence-electron chi connectivity index (χ3n) is 3.74. The van der Waals surface area contributed by atoms with Gasteiger partial charge in [-0.2, -0.15) is 0 Å². The molecule has 1 rings (SSSR count). The van der Waals surface area contributed by atoms with Gasteiger partial charge < -0.3 is 10.4 Å². The number of nitro groups is 1. The molecule has 0 aliphatic heterocycles. The maximum atomic E-state index is 12.1. The van der Waals surface area contributed by atoms with Crippen molar-refractivity contribution >= 4 is 17.6 Å². The summed E-state index contributed by atoms with van der Waals surface area (Å²) >= 11 is 0. The average Bonchev–Trinajstić information content (AvgIpc) is 2.48. The number of nitrogens with one attached hydrogen (secondary N) is 1. The van der Waals surface area contributed by atoms with E-state index in [1.807, 2.05) is 0 Å². The SMILES string of the molecule is CCC(CC)(CNC(=O)c1ccccc1[N+](=O)[O-])C(=O)O. The Morgan fingerprint density at radius 2 is 1.86 bits per heavy atom. The Labute approximate surface area is 122 Å². The van der Waals surface area contributed by atoms with E-state index in [-0.39, 0.29) is 17.8 Å². The maximum Gasteiger partial charge on any atom is 0.311 e. The van der Waals surface area contributed by atoms with Crippen molar-refractivity contribution in [3.8, 4) is 0 Å². The van der Waals surface area contributed by atoms with Crippen LogP contribution >= 0.6 is 0 Å². The van der Waals surface area contributed by atoms with Gasteiger partial charge in [0.2, 0.25) is 0 Å². The predicted molar refractivity (Wildman–Crippen MR) is 76.1 cm³/mol. The van der Waals surface area contributed by atoms with E-state index >= 15 is 0 Å². The molecule has 1 aromatic carbocycles. The second kappa shape index (κ2) is 6.83. The summed E-state index contributed by atoms with van der Waals surface area (Å²) in [5.74, 6) is -1.63. The average molecular weight is 294 g/mol. The smallest absolute Gasteiger partial charge is 0.311 e. The van der Waals surface area contributed by atoms with Gasteiger partial charge in [0.25, 0.3) is 11.6 Å². The number of rotatable bonds is 7. The number of carbonyl (C=O) groups excluding carboxylic acids is 1. The molecular formula is C14H18N2O5. The van der Waals surface area contributed by atoms with Crippen LogP contribution in [0, 0.1) is 15.5 Å². The lowest BCUT2D eigenvalue weighted by atomic mass is 9.82. The molecule has 0 bridgehead atoms. The number of benzene rings is 1. The Hall–Kier alpha value is -2.44. The second-order valence-corrected chi connectivity index (χ2v) is 4.75. The highest BCUT2D eigenvalue weighted by Crippen LogP contribution is 2.26. The molecule has 114 valence electrons. The van der Waals surface area contributed by atoms with E-state index < -0.39 is 22.2 Å². The summed E-state index contributed by atoms with van der Waals surface area (Å²) < 4.78 is 0. The van der Waals surface area contributed by atoms with Crippen molar-refractivity contribution in [2.45, 2.75) is 26.7 Å². The minimum Gasteiger partial charge on any atom is -0.481 e. The van der Waals surface area contributed by atoms with Crippen LogP contribution < -0.4 is 5.32 Å². The molecule has 0 saturated heterocycles. The van der Waals surface area contributed by atoms with Gasteiger partial charge in [0, 0.05) is 12.6 Å². The lowest BCUT2D eigenvalue weighted by Gasteiger charge is -2.26. The minimum atomic E-state index is -1.06. The van der Waals surface area contributed by atoms with E-state index in [9.17, 15) is 24.8 Å². The Bertz CT molecular complexity index is 552. The van der Waals surface area contributed by atoms with Gasteiger partial charge in [-0.1, -0.05) is 26.0 Å². The highest BCUT2D eigenvalue weighted by molar-refractivity contribution is 5.98. The Morgan fingerprint density at radius 1 is 1.29 bits per heavy atom. The molecule has 0 radical (unpaired) electrons. The van der Waals surface area contributed by atoms with Crippen LogP contribution in [0.2, 0.25) is 0 Å². The molecule has 0 spiro atoms. The number of para-hydroxylation sites is 1. The van der Waals surface area contributed by atoms with Crippen LogP contribution in [0.5, 0.6) is 0 Å². The number of carbonyl (C=O) groups is 2. The molecule has 2 N–H and O–H groups in total. The lowest BCUT2D eigenvalue weighted by Crippen LogP contribution is -2.42. The first kappa shape index (κ1) is 16.6. The standard InChI is InChI=1S/C14H18N2O5/c1-3-14(4-2,13(18)19)9-15-12(17)10-7-5-6-8-11(10)16(20)21/h5-8H,3-4,9H2,1-2H3,(H,15,17)(H,18,19). The van der Waals surface area contributed by atoms with Crippen molar-refractivity contribution in [3.63, 3.8) is 0 Å². The quantitative estimate of drug-likeness (QED) is 0.592. The largest absolute Gasteiger partial charge is 0.481 e. The van der Waals surface area contributed by atoms with Gasteiger partial charge in [-0.25, -0.2) is 0 Å². The van der Waals surface area contributed by atoms with E-state index in [2.05, 4.69) is 5.32 Å². The molecule has 0 atom stereocenters. The summed E-state index contributed by atoms with van der Waals surface area (Å²) in [4.78, 5) is 33.7. The molecule has 0 saturated carbocycles. The number of carboxylic acid groups (broad SMARTS) is 1. The zero-order valence-corrected chi connectivity index (χ0v) is 12.0. The Kier molecular flexibility index (Phi) is 5.40. The lowest BCUT2D eigenvalue weighted by molar-refractivity contribution is -0.385. The summed E-state index contributed by atoms with van der Waals surface area (Å²) in [5, 5.41) is 22.7. The van der Waals surface area contributed by atoms with Crippen LogP contribution in [-0.2, 0) is 4.79 Å². The number of nitro benzene ring substituents is 1. The zero-order chi connectivity index (χ0) is 16.0. The van der Waals surface area contributed by atoms with Crippen molar-refractivity contribution in [1.82, 2.24) is 5.32 Å². The predicted octanol–water partition coefficient (Wildman–Crippen LogP) is 2.22. The molecule has 0 aliphatic rings. The minimum absolute atomic E-state index is 0.0692. The van der Waals surface area contributed by atoms with Crippen molar-refractivity contribution in [2.75, 3.05) is 6.54 Å². The first-order valence-electron chi connectivity index (χ1n) is 6.63. The van der Waals surface area contributed by atoms with Crippen molar-refractivity contribution in [1.29, 1.82) is 0 Å². The molecule has 7 nitrogen and oxygen atoms in total. The number of nitrogens with zero attached hydrogens (tertiary/aromatic N) is 1. The normalized spacial score (nSPS) is 11.0. The highest BCUT2D eigenvalue weighted by atomic mass is 16.6. The molecule has 7 heteroatoms. The third-order valence-corrected chi connectivity index (χ3v) is 3.74. The van der Waals surface area contributed by atoms with Gasteiger partial charge in [0.15, 0.2) is 0 Å². The van der Waals surface area contributed by atoms with Crippen LogP contribution in [0.25, 0.3) is 0 Å². The topological polar surface area (TPSA) is 110 Å². The molecule has 0 aliphatic carbocycles. The number of hydrogen-bond donors (Lipinski definition) is 2. The Balaban J connectivity index is 2.92.